The molecule has 1 unspecified atom stereocenters. The van der Waals surface area contributed by atoms with E-state index in [9.17, 15) is 0 Å². The number of aromatic nitrogens is 1. The number of likely N-dealkylation sites (tertiary alicyclic amines) is 1. The highest BCUT2D eigenvalue weighted by molar-refractivity contribution is 5.22. The SMILES string of the molecule is Cc1cncc(C2CCCN2Cc2ccccc2)c1. The Balaban J connectivity index is 1.78. The van der Waals surface area contributed by atoms with Crippen molar-refractivity contribution in [3.8, 4) is 0 Å². The first-order valence-electron chi connectivity index (χ1n) is 7.02. The van der Waals surface area contributed by atoms with Gasteiger partial charge in [0.25, 0.3) is 0 Å². The molecule has 2 heteroatoms. The largest absolute Gasteiger partial charge is 0.292 e. The zero-order chi connectivity index (χ0) is 13.1. The summed E-state index contributed by atoms with van der Waals surface area (Å²) in [6.07, 6.45) is 6.49. The molecule has 0 N–H and O–H groups in total. The Morgan fingerprint density at radius 1 is 1.21 bits per heavy atom. The molecule has 1 saturated heterocycles. The van der Waals surface area contributed by atoms with E-state index in [2.05, 4.69) is 53.2 Å². The van der Waals surface area contributed by atoms with Gasteiger partial charge in [0.15, 0.2) is 0 Å². The van der Waals surface area contributed by atoms with Crippen molar-refractivity contribution in [3.63, 3.8) is 0 Å². The first-order chi connectivity index (χ1) is 9.33. The van der Waals surface area contributed by atoms with Gasteiger partial charge in [-0.1, -0.05) is 36.4 Å². The predicted molar refractivity (Wildman–Crippen MR) is 77.8 cm³/mol. The van der Waals surface area contributed by atoms with E-state index < -0.39 is 0 Å². The van der Waals surface area contributed by atoms with Crippen LogP contribution in [0.3, 0.4) is 0 Å². The molecule has 19 heavy (non-hydrogen) atoms. The van der Waals surface area contributed by atoms with Gasteiger partial charge in [0.05, 0.1) is 0 Å². The second-order valence-corrected chi connectivity index (χ2v) is 5.41. The molecule has 0 amide bonds. The fourth-order valence-electron chi connectivity index (χ4n) is 2.97. The highest BCUT2D eigenvalue weighted by atomic mass is 15.2. The summed E-state index contributed by atoms with van der Waals surface area (Å²) in [4.78, 5) is 6.92. The number of hydrogen-bond acceptors (Lipinski definition) is 2. The second kappa shape index (κ2) is 5.54. The Morgan fingerprint density at radius 2 is 2.05 bits per heavy atom. The van der Waals surface area contributed by atoms with Gasteiger partial charge in [0, 0.05) is 25.0 Å². The van der Waals surface area contributed by atoms with Crippen molar-refractivity contribution >= 4 is 0 Å². The van der Waals surface area contributed by atoms with Crippen molar-refractivity contribution in [2.45, 2.75) is 32.4 Å². The Bertz CT molecular complexity index is 536. The molecule has 1 fully saturated rings. The van der Waals surface area contributed by atoms with Crippen LogP contribution in [0, 0.1) is 6.92 Å². The summed E-state index contributed by atoms with van der Waals surface area (Å²) in [6, 6.07) is 13.6. The van der Waals surface area contributed by atoms with E-state index in [1.54, 1.807) is 0 Å². The van der Waals surface area contributed by atoms with Crippen LogP contribution in [0.4, 0.5) is 0 Å². The lowest BCUT2D eigenvalue weighted by Gasteiger charge is -2.24. The maximum absolute atomic E-state index is 4.34. The van der Waals surface area contributed by atoms with Crippen LogP contribution in [0.25, 0.3) is 0 Å². The van der Waals surface area contributed by atoms with Crippen LogP contribution < -0.4 is 0 Å². The molecule has 0 aliphatic carbocycles. The van der Waals surface area contributed by atoms with E-state index in [4.69, 9.17) is 0 Å². The van der Waals surface area contributed by atoms with Gasteiger partial charge in [0.2, 0.25) is 0 Å². The third-order valence-electron chi connectivity index (χ3n) is 3.87. The lowest BCUT2D eigenvalue weighted by Crippen LogP contribution is -2.22. The maximum atomic E-state index is 4.34. The topological polar surface area (TPSA) is 16.1 Å². The molecule has 2 heterocycles. The van der Waals surface area contributed by atoms with Crippen molar-refractivity contribution in [2.75, 3.05) is 6.54 Å². The Hall–Kier alpha value is -1.67. The van der Waals surface area contributed by atoms with Gasteiger partial charge >= 0.3 is 0 Å². The summed E-state index contributed by atoms with van der Waals surface area (Å²) in [5.74, 6) is 0. The minimum absolute atomic E-state index is 0.535. The molecule has 1 aliphatic rings. The molecule has 2 nitrogen and oxygen atoms in total. The molecular weight excluding hydrogens is 232 g/mol. The highest BCUT2D eigenvalue weighted by Crippen LogP contribution is 2.32. The van der Waals surface area contributed by atoms with Crippen LogP contribution in [0.5, 0.6) is 0 Å². The highest BCUT2D eigenvalue weighted by Gasteiger charge is 2.26. The van der Waals surface area contributed by atoms with Gasteiger partial charge in [-0.25, -0.2) is 0 Å². The molecule has 2 aromatic rings. The minimum Gasteiger partial charge on any atom is -0.292 e. The number of nitrogens with zero attached hydrogens (tertiary/aromatic N) is 2. The van der Waals surface area contributed by atoms with Gasteiger partial charge in [-0.15, -0.1) is 0 Å². The van der Waals surface area contributed by atoms with Crippen LogP contribution in [-0.4, -0.2) is 16.4 Å². The van der Waals surface area contributed by atoms with Gasteiger partial charge in [-0.05, 0) is 43.0 Å². The number of rotatable bonds is 3. The first kappa shape index (κ1) is 12.4. The summed E-state index contributed by atoms with van der Waals surface area (Å²) in [6.45, 7) is 4.35. The second-order valence-electron chi connectivity index (χ2n) is 5.41. The summed E-state index contributed by atoms with van der Waals surface area (Å²) >= 11 is 0. The van der Waals surface area contributed by atoms with E-state index in [1.165, 1.54) is 36.1 Å². The third kappa shape index (κ3) is 2.85. The Morgan fingerprint density at radius 3 is 2.84 bits per heavy atom. The van der Waals surface area contributed by atoms with Crippen LogP contribution in [-0.2, 0) is 6.54 Å². The zero-order valence-corrected chi connectivity index (χ0v) is 11.4. The number of benzene rings is 1. The van der Waals surface area contributed by atoms with Crippen LogP contribution in [0.1, 0.15) is 35.6 Å². The summed E-state index contributed by atoms with van der Waals surface area (Å²) in [5, 5.41) is 0. The van der Waals surface area contributed by atoms with Gasteiger partial charge in [-0.2, -0.15) is 0 Å². The molecule has 1 aliphatic heterocycles. The lowest BCUT2D eigenvalue weighted by atomic mass is 10.0. The van der Waals surface area contributed by atoms with E-state index in [0.29, 0.717) is 6.04 Å². The molecule has 1 atom stereocenters. The molecule has 0 spiro atoms. The third-order valence-corrected chi connectivity index (χ3v) is 3.87. The van der Waals surface area contributed by atoms with Crippen molar-refractivity contribution in [1.82, 2.24) is 9.88 Å². The average Bonchev–Trinajstić information content (AvgIpc) is 2.88. The minimum atomic E-state index is 0.535. The average molecular weight is 252 g/mol. The van der Waals surface area contributed by atoms with Crippen LogP contribution in [0.2, 0.25) is 0 Å². The number of pyridine rings is 1. The van der Waals surface area contributed by atoms with E-state index in [-0.39, 0.29) is 0 Å². The van der Waals surface area contributed by atoms with Crippen molar-refractivity contribution in [1.29, 1.82) is 0 Å². The monoisotopic (exact) mass is 252 g/mol. The predicted octanol–water partition coefficient (Wildman–Crippen LogP) is 3.73. The van der Waals surface area contributed by atoms with Gasteiger partial charge in [-0.3, -0.25) is 9.88 Å². The van der Waals surface area contributed by atoms with E-state index >= 15 is 0 Å². The fraction of sp³-hybridized carbons (Fsp3) is 0.353. The van der Waals surface area contributed by atoms with Crippen molar-refractivity contribution < 1.29 is 0 Å². The van der Waals surface area contributed by atoms with Crippen LogP contribution in [0.15, 0.2) is 48.8 Å². The first-order valence-corrected chi connectivity index (χ1v) is 7.02. The van der Waals surface area contributed by atoms with Gasteiger partial charge < -0.3 is 0 Å². The molecule has 98 valence electrons. The number of hydrogen-bond donors (Lipinski definition) is 0. The van der Waals surface area contributed by atoms with E-state index in [1.807, 2.05) is 12.4 Å². The Kier molecular flexibility index (Phi) is 3.60. The van der Waals surface area contributed by atoms with Crippen LogP contribution >= 0.6 is 0 Å². The quantitative estimate of drug-likeness (QED) is 0.827. The smallest absolute Gasteiger partial charge is 0.0367 e. The normalized spacial score (nSPS) is 19.7. The fourth-order valence-corrected chi connectivity index (χ4v) is 2.97. The zero-order valence-electron chi connectivity index (χ0n) is 11.4. The van der Waals surface area contributed by atoms with Gasteiger partial charge in [0.1, 0.15) is 0 Å². The lowest BCUT2D eigenvalue weighted by molar-refractivity contribution is 0.248. The molecule has 3 rings (SSSR count). The summed E-state index contributed by atoms with van der Waals surface area (Å²) in [7, 11) is 0. The summed E-state index contributed by atoms with van der Waals surface area (Å²) < 4.78 is 0. The molecule has 1 aromatic heterocycles. The molecular formula is C17H20N2. The molecule has 0 bridgehead atoms. The molecule has 0 saturated carbocycles. The van der Waals surface area contributed by atoms with Crippen molar-refractivity contribution in [3.05, 3.63) is 65.5 Å². The maximum Gasteiger partial charge on any atom is 0.0367 e. The van der Waals surface area contributed by atoms with E-state index in [0.717, 1.165) is 6.54 Å². The summed E-state index contributed by atoms with van der Waals surface area (Å²) in [5.41, 5.74) is 4.02. The number of aryl methyl sites for hydroxylation is 1. The standard InChI is InChI=1S/C17H20N2/c1-14-10-16(12-18-11-14)17-8-5-9-19(17)13-15-6-3-2-4-7-15/h2-4,6-7,10-12,17H,5,8-9,13H2,1H3. The molecule has 1 aromatic carbocycles. The molecule has 0 radical (unpaired) electrons. The Labute approximate surface area is 115 Å². The van der Waals surface area contributed by atoms with Crippen molar-refractivity contribution in [2.24, 2.45) is 0 Å².